The first-order valence-electron chi connectivity index (χ1n) is 6.74. The van der Waals surface area contributed by atoms with Gasteiger partial charge in [0, 0.05) is 30.5 Å². The van der Waals surface area contributed by atoms with Crippen LogP contribution < -0.4 is 5.32 Å². The van der Waals surface area contributed by atoms with Crippen LogP contribution in [0.25, 0.3) is 5.65 Å². The summed E-state index contributed by atoms with van der Waals surface area (Å²) in [5.74, 6) is -0.195. The maximum atomic E-state index is 13.7. The Kier molecular flexibility index (Phi) is 3.90. The largest absolute Gasteiger partial charge is 0.305 e. The second-order valence-corrected chi connectivity index (χ2v) is 5.41. The summed E-state index contributed by atoms with van der Waals surface area (Å²) in [7, 11) is 0. The van der Waals surface area contributed by atoms with E-state index in [9.17, 15) is 4.39 Å². The molecule has 0 spiro atoms. The third-order valence-electron chi connectivity index (χ3n) is 3.43. The molecule has 3 rings (SSSR count). The van der Waals surface area contributed by atoms with Gasteiger partial charge >= 0.3 is 0 Å². The van der Waals surface area contributed by atoms with E-state index in [1.165, 1.54) is 6.07 Å². The van der Waals surface area contributed by atoms with Crippen molar-refractivity contribution in [3.8, 4) is 0 Å². The zero-order valence-corrected chi connectivity index (χ0v) is 12.3. The Balaban J connectivity index is 1.73. The van der Waals surface area contributed by atoms with Crippen LogP contribution in [0.3, 0.4) is 0 Å². The molecule has 0 fully saturated rings. The van der Waals surface area contributed by atoms with E-state index >= 15 is 0 Å². The van der Waals surface area contributed by atoms with Crippen molar-refractivity contribution in [3.05, 3.63) is 70.9 Å². The summed E-state index contributed by atoms with van der Waals surface area (Å²) in [6, 6.07) is 10.4. The van der Waals surface area contributed by atoms with Crippen molar-refractivity contribution in [2.24, 2.45) is 0 Å². The fourth-order valence-electron chi connectivity index (χ4n) is 2.30. The Morgan fingerprint density at radius 3 is 2.86 bits per heavy atom. The molecule has 1 N–H and O–H groups in total. The molecule has 1 aromatic carbocycles. The minimum atomic E-state index is -0.195. The summed E-state index contributed by atoms with van der Waals surface area (Å²) in [5.41, 5.74) is 2.39. The SMILES string of the molecule is C[C@@H](NCc1cn2cc(Cl)ccc2n1)c1ccccc1F. The van der Waals surface area contributed by atoms with Gasteiger partial charge in [0.25, 0.3) is 0 Å². The predicted octanol–water partition coefficient (Wildman–Crippen LogP) is 3.98. The minimum absolute atomic E-state index is 0.0837. The van der Waals surface area contributed by atoms with E-state index in [1.54, 1.807) is 12.1 Å². The monoisotopic (exact) mass is 303 g/mol. The van der Waals surface area contributed by atoms with E-state index in [2.05, 4.69) is 10.3 Å². The van der Waals surface area contributed by atoms with Crippen molar-refractivity contribution in [2.45, 2.75) is 19.5 Å². The Hall–Kier alpha value is -1.91. The van der Waals surface area contributed by atoms with Gasteiger partial charge in [-0.2, -0.15) is 0 Å². The molecule has 3 aromatic rings. The van der Waals surface area contributed by atoms with Crippen LogP contribution in [0.2, 0.25) is 5.02 Å². The number of aromatic nitrogens is 2. The van der Waals surface area contributed by atoms with Gasteiger partial charge in [-0.3, -0.25) is 0 Å². The van der Waals surface area contributed by atoms with E-state index in [0.717, 1.165) is 11.3 Å². The molecule has 108 valence electrons. The molecule has 3 nitrogen and oxygen atoms in total. The van der Waals surface area contributed by atoms with Crippen LogP contribution in [0.15, 0.2) is 48.8 Å². The fourth-order valence-corrected chi connectivity index (χ4v) is 2.46. The highest BCUT2D eigenvalue weighted by atomic mass is 35.5. The smallest absolute Gasteiger partial charge is 0.137 e. The average molecular weight is 304 g/mol. The molecule has 21 heavy (non-hydrogen) atoms. The standard InChI is InChI=1S/C16H15ClFN3/c1-11(14-4-2-3-5-15(14)18)19-8-13-10-21-9-12(17)6-7-16(21)20-13/h2-7,9-11,19H,8H2,1H3/t11-/m1/s1. The molecular weight excluding hydrogens is 289 g/mol. The first kappa shape index (κ1) is 14.0. The lowest BCUT2D eigenvalue weighted by atomic mass is 10.1. The molecule has 5 heteroatoms. The highest BCUT2D eigenvalue weighted by Crippen LogP contribution is 2.17. The summed E-state index contributed by atoms with van der Waals surface area (Å²) in [6.07, 6.45) is 3.73. The molecule has 0 bridgehead atoms. The van der Waals surface area contributed by atoms with Crippen LogP contribution in [-0.2, 0) is 6.54 Å². The highest BCUT2D eigenvalue weighted by molar-refractivity contribution is 6.30. The number of fused-ring (bicyclic) bond motifs is 1. The lowest BCUT2D eigenvalue weighted by Crippen LogP contribution is -2.19. The third kappa shape index (κ3) is 3.06. The van der Waals surface area contributed by atoms with Gasteiger partial charge in [0.1, 0.15) is 11.5 Å². The molecule has 0 aliphatic carbocycles. The Bertz CT molecular complexity index is 769. The molecule has 0 saturated heterocycles. The molecule has 2 aromatic heterocycles. The molecule has 0 saturated carbocycles. The quantitative estimate of drug-likeness (QED) is 0.790. The van der Waals surface area contributed by atoms with Gasteiger partial charge in [0.2, 0.25) is 0 Å². The summed E-state index contributed by atoms with van der Waals surface area (Å²) >= 11 is 5.95. The summed E-state index contributed by atoms with van der Waals surface area (Å²) in [5, 5.41) is 3.95. The van der Waals surface area contributed by atoms with Gasteiger partial charge in [0.15, 0.2) is 0 Å². The van der Waals surface area contributed by atoms with E-state index in [1.807, 2.05) is 41.9 Å². The van der Waals surface area contributed by atoms with Gasteiger partial charge in [-0.25, -0.2) is 9.37 Å². The van der Waals surface area contributed by atoms with Crippen LogP contribution in [0.5, 0.6) is 0 Å². The van der Waals surface area contributed by atoms with Crippen LogP contribution in [0, 0.1) is 5.82 Å². The van der Waals surface area contributed by atoms with Gasteiger partial charge in [-0.15, -0.1) is 0 Å². The van der Waals surface area contributed by atoms with Crippen molar-refractivity contribution >= 4 is 17.2 Å². The van der Waals surface area contributed by atoms with E-state index in [-0.39, 0.29) is 11.9 Å². The Labute approximate surface area is 127 Å². The highest BCUT2D eigenvalue weighted by Gasteiger charge is 2.10. The molecule has 0 aliphatic rings. The second-order valence-electron chi connectivity index (χ2n) is 4.97. The van der Waals surface area contributed by atoms with Crippen molar-refractivity contribution in [3.63, 3.8) is 0 Å². The number of pyridine rings is 1. The lowest BCUT2D eigenvalue weighted by Gasteiger charge is -2.13. The zero-order valence-electron chi connectivity index (χ0n) is 11.6. The van der Waals surface area contributed by atoms with Crippen LogP contribution in [0.1, 0.15) is 24.2 Å². The van der Waals surface area contributed by atoms with Crippen molar-refractivity contribution in [2.75, 3.05) is 0 Å². The second kappa shape index (κ2) is 5.84. The number of nitrogens with one attached hydrogen (secondary N) is 1. The number of imidazole rings is 1. The molecule has 2 heterocycles. The Morgan fingerprint density at radius 2 is 2.05 bits per heavy atom. The first-order valence-corrected chi connectivity index (χ1v) is 7.12. The zero-order chi connectivity index (χ0) is 14.8. The van der Waals surface area contributed by atoms with Crippen LogP contribution >= 0.6 is 11.6 Å². The van der Waals surface area contributed by atoms with Crippen molar-refractivity contribution in [1.29, 1.82) is 0 Å². The maximum absolute atomic E-state index is 13.7. The topological polar surface area (TPSA) is 29.3 Å². The molecule has 0 radical (unpaired) electrons. The van der Waals surface area contributed by atoms with Gasteiger partial charge in [0.05, 0.1) is 10.7 Å². The maximum Gasteiger partial charge on any atom is 0.137 e. The average Bonchev–Trinajstić information content (AvgIpc) is 2.87. The van der Waals surface area contributed by atoms with Gasteiger partial charge < -0.3 is 9.72 Å². The van der Waals surface area contributed by atoms with Crippen LogP contribution in [-0.4, -0.2) is 9.38 Å². The minimum Gasteiger partial charge on any atom is -0.305 e. The van der Waals surface area contributed by atoms with Crippen molar-refractivity contribution in [1.82, 2.24) is 14.7 Å². The predicted molar refractivity (Wildman–Crippen MR) is 81.9 cm³/mol. The summed E-state index contributed by atoms with van der Waals surface area (Å²) in [4.78, 5) is 4.49. The molecule has 0 amide bonds. The summed E-state index contributed by atoms with van der Waals surface area (Å²) in [6.45, 7) is 2.50. The number of benzene rings is 1. The first-order chi connectivity index (χ1) is 10.1. The number of hydrogen-bond acceptors (Lipinski definition) is 2. The normalized spacial score (nSPS) is 12.7. The third-order valence-corrected chi connectivity index (χ3v) is 3.65. The molecule has 1 atom stereocenters. The number of nitrogens with zero attached hydrogens (tertiary/aromatic N) is 2. The molecular formula is C16H15ClFN3. The molecule has 0 aliphatic heterocycles. The van der Waals surface area contributed by atoms with Gasteiger partial charge in [-0.1, -0.05) is 29.8 Å². The van der Waals surface area contributed by atoms with E-state index in [0.29, 0.717) is 17.1 Å². The van der Waals surface area contributed by atoms with E-state index < -0.39 is 0 Å². The van der Waals surface area contributed by atoms with Crippen molar-refractivity contribution < 1.29 is 4.39 Å². The van der Waals surface area contributed by atoms with Crippen LogP contribution in [0.4, 0.5) is 4.39 Å². The van der Waals surface area contributed by atoms with Gasteiger partial charge in [-0.05, 0) is 25.1 Å². The lowest BCUT2D eigenvalue weighted by molar-refractivity contribution is 0.525. The fraction of sp³-hybridized carbons (Fsp3) is 0.188. The van der Waals surface area contributed by atoms with E-state index in [4.69, 9.17) is 11.6 Å². The Morgan fingerprint density at radius 1 is 1.24 bits per heavy atom. The molecule has 0 unspecified atom stereocenters. The number of hydrogen-bond donors (Lipinski definition) is 1. The number of halogens is 2. The summed E-state index contributed by atoms with van der Waals surface area (Å²) < 4.78 is 15.6. The number of rotatable bonds is 4.